The van der Waals surface area contributed by atoms with E-state index in [2.05, 4.69) is 42.0 Å². The number of ether oxygens (including phenoxy) is 2. The van der Waals surface area contributed by atoms with Crippen LogP contribution in [-0.2, 0) is 5.41 Å². The van der Waals surface area contributed by atoms with E-state index in [0.29, 0.717) is 0 Å². The van der Waals surface area contributed by atoms with Gasteiger partial charge in [0.25, 0.3) is 0 Å². The van der Waals surface area contributed by atoms with Gasteiger partial charge >= 0.3 is 0 Å². The first-order valence-electron chi connectivity index (χ1n) is 5.96. The lowest BCUT2D eigenvalue weighted by molar-refractivity contribution is 0.375. The number of halogens is 1. The Hall–Kier alpha value is -0.740. The molecule has 0 atom stereocenters. The van der Waals surface area contributed by atoms with Crippen molar-refractivity contribution >= 4 is 15.9 Å². The van der Waals surface area contributed by atoms with E-state index in [4.69, 9.17) is 9.47 Å². The van der Waals surface area contributed by atoms with Gasteiger partial charge in [-0.1, -0.05) is 29.8 Å². The highest BCUT2D eigenvalue weighted by Crippen LogP contribution is 2.37. The maximum Gasteiger partial charge on any atom is 0.126 e. The molecule has 1 rings (SSSR count). The molecule has 102 valence electrons. The average molecular weight is 316 g/mol. The Kier molecular flexibility index (Phi) is 5.47. The Morgan fingerprint density at radius 2 is 1.89 bits per heavy atom. The summed E-state index contributed by atoms with van der Waals surface area (Å²) >= 11 is 3.39. The van der Waals surface area contributed by atoms with Crippen molar-refractivity contribution in [1.82, 2.24) is 5.32 Å². The zero-order valence-electron chi connectivity index (χ0n) is 11.8. The molecule has 0 saturated heterocycles. The van der Waals surface area contributed by atoms with Crippen molar-refractivity contribution in [2.24, 2.45) is 0 Å². The molecule has 4 heteroatoms. The molecule has 3 nitrogen and oxygen atoms in total. The quantitative estimate of drug-likeness (QED) is 0.646. The molecule has 0 saturated carbocycles. The fourth-order valence-corrected chi connectivity index (χ4v) is 2.52. The van der Waals surface area contributed by atoms with E-state index in [1.165, 1.54) is 11.1 Å². The minimum absolute atomic E-state index is 0.00450. The van der Waals surface area contributed by atoms with Gasteiger partial charge < -0.3 is 14.8 Å². The molecule has 0 bridgehead atoms. The Balaban J connectivity index is 3.21. The van der Waals surface area contributed by atoms with Crippen LogP contribution in [0.1, 0.15) is 25.0 Å². The van der Waals surface area contributed by atoms with E-state index in [-0.39, 0.29) is 5.41 Å². The van der Waals surface area contributed by atoms with Crippen molar-refractivity contribution in [3.63, 3.8) is 0 Å². The molecule has 0 heterocycles. The molecular formula is C14H22BrNO2. The van der Waals surface area contributed by atoms with Crippen molar-refractivity contribution in [1.29, 1.82) is 0 Å². The highest BCUT2D eigenvalue weighted by atomic mass is 79.9. The number of alkyl halides is 1. The second-order valence-corrected chi connectivity index (χ2v) is 5.53. The second-order valence-electron chi connectivity index (χ2n) is 4.97. The largest absolute Gasteiger partial charge is 0.497 e. The molecule has 0 radical (unpaired) electrons. The van der Waals surface area contributed by atoms with Gasteiger partial charge in [-0.05, 0) is 18.6 Å². The summed E-state index contributed by atoms with van der Waals surface area (Å²) < 4.78 is 10.8. The molecule has 1 aromatic rings. The zero-order chi connectivity index (χ0) is 13.8. The lowest BCUT2D eigenvalue weighted by Gasteiger charge is -2.29. The van der Waals surface area contributed by atoms with Crippen LogP contribution in [0, 0.1) is 6.92 Å². The fraction of sp³-hybridized carbons (Fsp3) is 0.571. The average Bonchev–Trinajstić information content (AvgIpc) is 2.34. The Morgan fingerprint density at radius 1 is 1.22 bits per heavy atom. The topological polar surface area (TPSA) is 30.5 Å². The van der Waals surface area contributed by atoms with Gasteiger partial charge in [-0.2, -0.15) is 0 Å². The van der Waals surface area contributed by atoms with Crippen LogP contribution in [0.2, 0.25) is 0 Å². The monoisotopic (exact) mass is 315 g/mol. The third-order valence-electron chi connectivity index (χ3n) is 3.07. The third kappa shape index (κ3) is 3.39. The molecule has 0 aliphatic carbocycles. The van der Waals surface area contributed by atoms with E-state index in [1.807, 2.05) is 12.1 Å². The summed E-state index contributed by atoms with van der Waals surface area (Å²) in [6.45, 7) is 7.39. The van der Waals surface area contributed by atoms with Crippen LogP contribution in [0.25, 0.3) is 0 Å². The van der Waals surface area contributed by atoms with Crippen LogP contribution in [-0.4, -0.2) is 26.2 Å². The van der Waals surface area contributed by atoms with Crippen molar-refractivity contribution in [3.8, 4) is 11.5 Å². The number of benzene rings is 1. The lowest BCUT2D eigenvalue weighted by atomic mass is 9.81. The van der Waals surface area contributed by atoms with Crippen molar-refractivity contribution in [3.05, 3.63) is 23.3 Å². The van der Waals surface area contributed by atoms with Gasteiger partial charge in [-0.15, -0.1) is 0 Å². The first-order chi connectivity index (χ1) is 8.46. The number of methoxy groups -OCH3 is 2. The molecule has 18 heavy (non-hydrogen) atoms. The highest BCUT2D eigenvalue weighted by Gasteiger charge is 2.26. The molecule has 0 unspecified atom stereocenters. The normalized spacial score (nSPS) is 11.4. The van der Waals surface area contributed by atoms with E-state index < -0.39 is 0 Å². The van der Waals surface area contributed by atoms with Crippen LogP contribution in [0.4, 0.5) is 0 Å². The molecular weight excluding hydrogens is 294 g/mol. The summed E-state index contributed by atoms with van der Waals surface area (Å²) in [6, 6.07) is 3.99. The van der Waals surface area contributed by atoms with Crippen LogP contribution >= 0.6 is 15.9 Å². The number of hydrogen-bond acceptors (Lipinski definition) is 3. The number of nitrogens with one attached hydrogen (secondary N) is 1. The summed E-state index contributed by atoms with van der Waals surface area (Å²) in [6.07, 6.45) is 0. The third-order valence-corrected chi connectivity index (χ3v) is 3.46. The fourth-order valence-electron chi connectivity index (χ4n) is 2.32. The minimum atomic E-state index is -0.00450. The predicted octanol–water partition coefficient (Wildman–Crippen LogP) is 3.23. The van der Waals surface area contributed by atoms with Crippen LogP contribution in [0.5, 0.6) is 11.5 Å². The molecule has 0 spiro atoms. The Morgan fingerprint density at radius 3 is 2.39 bits per heavy atom. The summed E-state index contributed by atoms with van der Waals surface area (Å²) in [5.74, 6) is 1.71. The van der Waals surface area contributed by atoms with E-state index in [1.54, 1.807) is 14.2 Å². The summed E-state index contributed by atoms with van der Waals surface area (Å²) in [4.78, 5) is 0. The minimum Gasteiger partial charge on any atom is -0.497 e. The molecule has 1 aromatic carbocycles. The number of hydrogen-bond donors (Lipinski definition) is 1. The van der Waals surface area contributed by atoms with Crippen LogP contribution in [0.15, 0.2) is 12.1 Å². The van der Waals surface area contributed by atoms with Crippen LogP contribution in [0.3, 0.4) is 0 Å². The molecule has 0 fully saturated rings. The van der Waals surface area contributed by atoms with Gasteiger partial charge in [0.15, 0.2) is 0 Å². The molecule has 0 aromatic heterocycles. The molecule has 0 aliphatic rings. The standard InChI is InChI=1S/C14H22BrNO2/c1-10-6-11(17-4)7-12(18-5)13(10)14(2,3)8-16-9-15/h6-7,16H,8-9H2,1-5H3. The van der Waals surface area contributed by atoms with Gasteiger partial charge in [-0.3, -0.25) is 0 Å². The predicted molar refractivity (Wildman–Crippen MR) is 79.1 cm³/mol. The number of rotatable bonds is 6. The zero-order valence-corrected chi connectivity index (χ0v) is 13.3. The van der Waals surface area contributed by atoms with Gasteiger partial charge in [0.05, 0.1) is 19.7 Å². The summed E-state index contributed by atoms with van der Waals surface area (Å²) in [5.41, 5.74) is 3.19. The number of aryl methyl sites for hydroxylation is 1. The van der Waals surface area contributed by atoms with Gasteiger partial charge in [0.2, 0.25) is 0 Å². The van der Waals surface area contributed by atoms with E-state index >= 15 is 0 Å². The first-order valence-corrected chi connectivity index (χ1v) is 7.08. The maximum absolute atomic E-state index is 5.52. The van der Waals surface area contributed by atoms with Gasteiger partial charge in [0, 0.05) is 23.6 Å². The van der Waals surface area contributed by atoms with Crippen molar-refractivity contribution < 1.29 is 9.47 Å². The van der Waals surface area contributed by atoms with Gasteiger partial charge in [-0.25, -0.2) is 0 Å². The van der Waals surface area contributed by atoms with Gasteiger partial charge in [0.1, 0.15) is 11.5 Å². The SMILES string of the molecule is COc1cc(C)c(C(C)(C)CNCBr)c(OC)c1. The lowest BCUT2D eigenvalue weighted by Crippen LogP contribution is -2.33. The van der Waals surface area contributed by atoms with E-state index in [9.17, 15) is 0 Å². The van der Waals surface area contributed by atoms with Crippen molar-refractivity contribution in [2.45, 2.75) is 26.2 Å². The molecule has 0 amide bonds. The smallest absolute Gasteiger partial charge is 0.126 e. The summed E-state index contributed by atoms with van der Waals surface area (Å²) in [7, 11) is 3.37. The van der Waals surface area contributed by atoms with Crippen molar-refractivity contribution in [2.75, 3.05) is 26.2 Å². The molecule has 1 N–H and O–H groups in total. The highest BCUT2D eigenvalue weighted by molar-refractivity contribution is 9.09. The molecule has 0 aliphatic heterocycles. The Labute approximate surface area is 118 Å². The maximum atomic E-state index is 5.52. The van der Waals surface area contributed by atoms with E-state index in [0.717, 1.165) is 23.5 Å². The van der Waals surface area contributed by atoms with Crippen LogP contribution < -0.4 is 14.8 Å². The Bertz CT molecular complexity index is 405. The second kappa shape index (κ2) is 6.43. The first kappa shape index (κ1) is 15.3. The summed E-state index contributed by atoms with van der Waals surface area (Å²) in [5, 5.41) is 3.32.